The van der Waals surface area contributed by atoms with Gasteiger partial charge in [-0.1, -0.05) is 13.3 Å². The molecule has 0 bridgehead atoms. The number of hydrogen-bond acceptors (Lipinski definition) is 7. The van der Waals surface area contributed by atoms with Crippen LogP contribution in [0.5, 0.6) is 0 Å². The average molecular weight is 456 g/mol. The molecule has 31 heavy (non-hydrogen) atoms. The predicted molar refractivity (Wildman–Crippen MR) is 127 cm³/mol. The van der Waals surface area contributed by atoms with Gasteiger partial charge in [-0.15, -0.1) is 11.6 Å². The molecule has 8 N–H and O–H groups in total. The summed E-state index contributed by atoms with van der Waals surface area (Å²) in [6.45, 7) is 5.86. The zero-order valence-electron chi connectivity index (χ0n) is 18.9. The fourth-order valence-electron chi connectivity index (χ4n) is 5.37. The van der Waals surface area contributed by atoms with Crippen molar-refractivity contribution in [2.24, 2.45) is 34.0 Å². The van der Waals surface area contributed by atoms with E-state index in [0.29, 0.717) is 18.0 Å². The van der Waals surface area contributed by atoms with Gasteiger partial charge in [0, 0.05) is 24.8 Å². The number of piperidine rings is 2. The van der Waals surface area contributed by atoms with Crippen molar-refractivity contribution in [3.63, 3.8) is 0 Å². The molecule has 3 rings (SSSR count). The van der Waals surface area contributed by atoms with Crippen LogP contribution < -0.4 is 27.8 Å². The maximum atomic E-state index is 13.5. The second-order valence-electron chi connectivity index (χ2n) is 9.62. The fraction of sp³-hybridized carbons (Fsp3) is 0.909. The summed E-state index contributed by atoms with van der Waals surface area (Å²) in [7, 11) is 0. The molecular weight excluding hydrogens is 414 g/mol. The summed E-state index contributed by atoms with van der Waals surface area (Å²) in [5.41, 5.74) is 18.4. The molecule has 178 valence electrons. The standard InChI is InChI=1S/C22H42ClN7O/c1-2-14-3-4-15(23)12-28-17(11-14)20(21(25)26)22(31)29-18-13-27-8-5-19(18)30-9-6-16(24)7-10-30/h12,14-21,27H,2-11,13,24-26H2,1H3,(H,29,31). The molecule has 0 spiro atoms. The molecule has 3 heterocycles. The van der Waals surface area contributed by atoms with Gasteiger partial charge in [0.25, 0.3) is 0 Å². The van der Waals surface area contributed by atoms with Crippen LogP contribution in [0.2, 0.25) is 0 Å². The number of nitrogens with zero attached hydrogens (tertiary/aromatic N) is 2. The Bertz CT molecular complexity index is 596. The van der Waals surface area contributed by atoms with Crippen molar-refractivity contribution in [1.29, 1.82) is 0 Å². The first-order valence-corrected chi connectivity index (χ1v) is 12.5. The Balaban J connectivity index is 1.71. The summed E-state index contributed by atoms with van der Waals surface area (Å²) in [6, 6.07) is 0.385. The zero-order chi connectivity index (χ0) is 22.4. The summed E-state index contributed by atoms with van der Waals surface area (Å²) in [4.78, 5) is 20.7. The van der Waals surface area contributed by atoms with Crippen LogP contribution in [0.25, 0.3) is 0 Å². The Morgan fingerprint density at radius 3 is 2.68 bits per heavy atom. The van der Waals surface area contributed by atoms with Gasteiger partial charge in [-0.05, 0) is 64.1 Å². The van der Waals surface area contributed by atoms with Gasteiger partial charge in [-0.2, -0.15) is 0 Å². The highest BCUT2D eigenvalue weighted by atomic mass is 35.5. The molecule has 2 fully saturated rings. The first-order chi connectivity index (χ1) is 14.9. The minimum absolute atomic E-state index is 0.0251. The molecule has 0 aromatic rings. The van der Waals surface area contributed by atoms with Gasteiger partial charge in [0.05, 0.1) is 29.5 Å². The molecule has 0 radical (unpaired) electrons. The molecule has 1 amide bonds. The fourth-order valence-corrected chi connectivity index (χ4v) is 5.56. The molecule has 8 nitrogen and oxygen atoms in total. The number of carbonyl (C=O) groups excluding carboxylic acids is 1. The second-order valence-corrected chi connectivity index (χ2v) is 10.2. The molecular formula is C22H42ClN7O. The van der Waals surface area contributed by atoms with Gasteiger partial charge >= 0.3 is 0 Å². The average Bonchev–Trinajstić information content (AvgIpc) is 2.74. The maximum absolute atomic E-state index is 13.5. The van der Waals surface area contributed by atoms with Crippen molar-refractivity contribution in [3.8, 4) is 0 Å². The molecule has 3 aliphatic heterocycles. The number of halogens is 1. The van der Waals surface area contributed by atoms with E-state index in [1.165, 1.54) is 0 Å². The minimum Gasteiger partial charge on any atom is -0.350 e. The Morgan fingerprint density at radius 1 is 1.26 bits per heavy atom. The van der Waals surface area contributed by atoms with E-state index in [9.17, 15) is 4.79 Å². The number of alkyl halides is 1. The van der Waals surface area contributed by atoms with Crippen LogP contribution >= 0.6 is 11.6 Å². The van der Waals surface area contributed by atoms with Crippen LogP contribution in [0.4, 0.5) is 0 Å². The third-order valence-corrected chi connectivity index (χ3v) is 7.72. The Hall–Kier alpha value is -0.770. The number of rotatable bonds is 6. The number of amides is 1. The monoisotopic (exact) mass is 455 g/mol. The van der Waals surface area contributed by atoms with Gasteiger partial charge in [0.1, 0.15) is 0 Å². The van der Waals surface area contributed by atoms with Crippen molar-refractivity contribution in [2.75, 3.05) is 26.2 Å². The van der Waals surface area contributed by atoms with Crippen molar-refractivity contribution in [2.45, 2.75) is 87.6 Å². The van der Waals surface area contributed by atoms with Gasteiger partial charge in [-0.3, -0.25) is 14.7 Å². The lowest BCUT2D eigenvalue weighted by Crippen LogP contribution is -2.63. The van der Waals surface area contributed by atoms with Crippen LogP contribution in [0.15, 0.2) is 4.99 Å². The van der Waals surface area contributed by atoms with E-state index in [1.807, 2.05) is 0 Å². The third kappa shape index (κ3) is 6.85. The molecule has 6 unspecified atom stereocenters. The van der Waals surface area contributed by atoms with E-state index >= 15 is 0 Å². The van der Waals surface area contributed by atoms with E-state index < -0.39 is 12.1 Å². The first-order valence-electron chi connectivity index (χ1n) is 12.1. The van der Waals surface area contributed by atoms with Crippen LogP contribution in [0, 0.1) is 11.8 Å². The highest BCUT2D eigenvalue weighted by Gasteiger charge is 2.38. The van der Waals surface area contributed by atoms with Crippen molar-refractivity contribution in [3.05, 3.63) is 0 Å². The zero-order valence-corrected chi connectivity index (χ0v) is 19.6. The van der Waals surface area contributed by atoms with Crippen LogP contribution in [-0.2, 0) is 4.79 Å². The molecule has 0 saturated carbocycles. The summed E-state index contributed by atoms with van der Waals surface area (Å²) in [6.07, 6.45) is 7.84. The Labute approximate surface area is 192 Å². The van der Waals surface area contributed by atoms with Crippen molar-refractivity contribution in [1.82, 2.24) is 15.5 Å². The molecule has 0 aromatic carbocycles. The molecule has 2 saturated heterocycles. The molecule has 0 aliphatic carbocycles. The third-order valence-electron chi connectivity index (χ3n) is 7.39. The topological polar surface area (TPSA) is 135 Å². The van der Waals surface area contributed by atoms with Crippen LogP contribution in [0.1, 0.15) is 51.9 Å². The number of nitrogens with two attached hydrogens (primary N) is 3. The van der Waals surface area contributed by atoms with Crippen LogP contribution in [-0.4, -0.2) is 78.9 Å². The van der Waals surface area contributed by atoms with Gasteiger partial charge in [-0.25, -0.2) is 0 Å². The summed E-state index contributed by atoms with van der Waals surface area (Å²) < 4.78 is 0. The number of hydrogen-bond donors (Lipinski definition) is 5. The Kier molecular flexibility index (Phi) is 9.55. The summed E-state index contributed by atoms with van der Waals surface area (Å²) in [5.74, 6) is -0.185. The van der Waals surface area contributed by atoms with Gasteiger partial charge < -0.3 is 27.8 Å². The molecule has 6 atom stereocenters. The van der Waals surface area contributed by atoms with Crippen molar-refractivity contribution >= 4 is 23.7 Å². The normalized spacial score (nSPS) is 34.8. The number of carbonyl (C=O) groups is 1. The summed E-state index contributed by atoms with van der Waals surface area (Å²) >= 11 is 6.38. The quantitative estimate of drug-likeness (QED) is 0.290. The van der Waals surface area contributed by atoms with Crippen LogP contribution in [0.3, 0.4) is 0 Å². The van der Waals surface area contributed by atoms with Crippen molar-refractivity contribution < 1.29 is 4.79 Å². The van der Waals surface area contributed by atoms with E-state index in [1.54, 1.807) is 6.21 Å². The maximum Gasteiger partial charge on any atom is 0.228 e. The second kappa shape index (κ2) is 11.9. The smallest absolute Gasteiger partial charge is 0.228 e. The lowest BCUT2D eigenvalue weighted by atomic mass is 9.83. The minimum atomic E-state index is -0.768. The lowest BCUT2D eigenvalue weighted by Gasteiger charge is -2.43. The molecule has 9 heteroatoms. The largest absolute Gasteiger partial charge is 0.350 e. The molecule has 3 aliphatic rings. The lowest BCUT2D eigenvalue weighted by molar-refractivity contribution is -0.128. The SMILES string of the molecule is CCC1CCC(Cl)C=NC(C(C(=O)NC2CNCCC2N2CCC(N)CC2)C(N)N)C1. The van der Waals surface area contributed by atoms with Gasteiger partial charge in [0.15, 0.2) is 0 Å². The Morgan fingerprint density at radius 2 is 2.00 bits per heavy atom. The van der Waals surface area contributed by atoms with E-state index in [2.05, 4.69) is 22.5 Å². The summed E-state index contributed by atoms with van der Waals surface area (Å²) in [5, 5.41) is 6.62. The highest BCUT2D eigenvalue weighted by molar-refractivity contribution is 6.28. The number of aliphatic imine (C=N–C) groups is 1. The number of nitrogens with one attached hydrogen (secondary N) is 2. The first kappa shape index (κ1) is 24.9. The van der Waals surface area contributed by atoms with Gasteiger partial charge in [0.2, 0.25) is 5.91 Å². The van der Waals surface area contributed by atoms with E-state index in [0.717, 1.165) is 71.1 Å². The number of likely N-dealkylation sites (tertiary alicyclic amines) is 1. The highest BCUT2D eigenvalue weighted by Crippen LogP contribution is 2.28. The predicted octanol–water partition coefficient (Wildman–Crippen LogP) is 0.373. The van der Waals surface area contributed by atoms with E-state index in [4.69, 9.17) is 33.8 Å². The van der Waals surface area contributed by atoms with E-state index in [-0.39, 0.29) is 23.4 Å². The molecule has 0 aromatic heterocycles.